The van der Waals surface area contributed by atoms with Crippen LogP contribution in [0.2, 0.25) is 0 Å². The molecule has 0 aliphatic rings. The Morgan fingerprint density at radius 3 is 2.26 bits per heavy atom. The zero-order valence-corrected chi connectivity index (χ0v) is 17.7. The predicted molar refractivity (Wildman–Crippen MR) is 118 cm³/mol. The van der Waals surface area contributed by atoms with Crippen LogP contribution in [0.15, 0.2) is 90.7 Å². The first-order valence-electron chi connectivity index (χ1n) is 9.60. The van der Waals surface area contributed by atoms with Crippen molar-refractivity contribution in [3.8, 4) is 6.07 Å². The fraction of sp³-hybridized carbons (Fsp3) is 0.125. The van der Waals surface area contributed by atoms with E-state index in [1.54, 1.807) is 30.9 Å². The lowest BCUT2D eigenvalue weighted by Crippen LogP contribution is -2.34. The van der Waals surface area contributed by atoms with Crippen molar-refractivity contribution < 1.29 is 4.55 Å². The van der Waals surface area contributed by atoms with Crippen LogP contribution >= 0.6 is 0 Å². The molecule has 0 aliphatic carbocycles. The second-order valence-corrected chi connectivity index (χ2v) is 8.33. The van der Waals surface area contributed by atoms with Gasteiger partial charge >= 0.3 is 5.16 Å². The van der Waals surface area contributed by atoms with Crippen LogP contribution in [0.3, 0.4) is 0 Å². The highest BCUT2D eigenvalue weighted by molar-refractivity contribution is 7.90. The molecule has 0 radical (unpaired) electrons. The average molecular weight is 426 g/mol. The molecule has 152 valence electrons. The van der Waals surface area contributed by atoms with Gasteiger partial charge < -0.3 is 4.55 Å². The molecule has 7 heteroatoms. The highest BCUT2D eigenvalue weighted by atomic mass is 32.2. The maximum absolute atomic E-state index is 12.2. The molecule has 1 aromatic carbocycles. The van der Waals surface area contributed by atoms with E-state index in [0.29, 0.717) is 17.7 Å². The van der Waals surface area contributed by atoms with Gasteiger partial charge in [-0.05, 0) is 53.4 Å². The molecule has 0 saturated heterocycles. The van der Waals surface area contributed by atoms with Crippen LogP contribution in [-0.4, -0.2) is 30.7 Å². The molecule has 0 fully saturated rings. The topological polar surface area (TPSA) is 98.4 Å². The number of benzene rings is 1. The summed E-state index contributed by atoms with van der Waals surface area (Å²) in [7, 11) is 0. The molecule has 1 unspecified atom stereocenters. The van der Waals surface area contributed by atoms with E-state index in [-0.39, 0.29) is 5.16 Å². The average Bonchev–Trinajstić information content (AvgIpc) is 2.84. The summed E-state index contributed by atoms with van der Waals surface area (Å²) >= 11 is -1.33. The third kappa shape index (κ3) is 4.17. The minimum atomic E-state index is -1.33. The zero-order chi connectivity index (χ0) is 21.7. The molecule has 0 amide bonds. The van der Waals surface area contributed by atoms with Crippen molar-refractivity contribution in [2.45, 2.75) is 17.0 Å². The first kappa shape index (κ1) is 20.7. The van der Waals surface area contributed by atoms with Crippen LogP contribution in [0.4, 0.5) is 0 Å². The molecule has 4 rings (SSSR count). The first-order chi connectivity index (χ1) is 15.1. The lowest BCUT2D eigenvalue weighted by Gasteiger charge is -2.34. The van der Waals surface area contributed by atoms with Gasteiger partial charge in [0.15, 0.2) is 0 Å². The number of aromatic nitrogens is 4. The van der Waals surface area contributed by atoms with Gasteiger partial charge in [0.1, 0.15) is 6.26 Å². The molecule has 3 heterocycles. The van der Waals surface area contributed by atoms with Crippen LogP contribution in [-0.2, 0) is 23.0 Å². The molecular weight excluding hydrogens is 406 g/mol. The van der Waals surface area contributed by atoms with Crippen molar-refractivity contribution >= 4 is 11.2 Å². The third-order valence-electron chi connectivity index (χ3n) is 5.16. The van der Waals surface area contributed by atoms with E-state index >= 15 is 0 Å². The number of rotatable bonds is 6. The number of nitriles is 1. The number of hydrogen-bond donors (Lipinski definition) is 0. The maximum atomic E-state index is 12.2. The van der Waals surface area contributed by atoms with Crippen molar-refractivity contribution in [3.63, 3.8) is 0 Å². The molecule has 31 heavy (non-hydrogen) atoms. The van der Waals surface area contributed by atoms with E-state index < -0.39 is 16.6 Å². The summed E-state index contributed by atoms with van der Waals surface area (Å²) in [4.78, 5) is 17.6. The van der Waals surface area contributed by atoms with Crippen LogP contribution in [0.1, 0.15) is 27.9 Å². The van der Waals surface area contributed by atoms with Crippen molar-refractivity contribution in [2.24, 2.45) is 0 Å². The van der Waals surface area contributed by atoms with E-state index in [1.165, 1.54) is 0 Å². The Kier molecular flexibility index (Phi) is 6.03. The summed E-state index contributed by atoms with van der Waals surface area (Å²) < 4.78 is 12.2. The summed E-state index contributed by atoms with van der Waals surface area (Å²) in [5, 5.41) is 9.65. The summed E-state index contributed by atoms with van der Waals surface area (Å²) in [6.07, 6.45) is 10.8. The minimum absolute atomic E-state index is 0.264. The van der Waals surface area contributed by atoms with Crippen LogP contribution in [0, 0.1) is 11.3 Å². The Bertz CT molecular complexity index is 1170. The second-order valence-electron chi connectivity index (χ2n) is 7.06. The molecule has 0 bridgehead atoms. The van der Waals surface area contributed by atoms with Crippen molar-refractivity contribution in [3.05, 3.63) is 114 Å². The first-order valence-corrected chi connectivity index (χ1v) is 11.2. The second kappa shape index (κ2) is 9.04. The van der Waals surface area contributed by atoms with Gasteiger partial charge in [-0.3, -0.25) is 9.97 Å². The van der Waals surface area contributed by atoms with Crippen LogP contribution < -0.4 is 0 Å². The Morgan fingerprint density at radius 1 is 0.968 bits per heavy atom. The van der Waals surface area contributed by atoms with Gasteiger partial charge in [-0.1, -0.05) is 24.3 Å². The molecule has 0 N–H and O–H groups in total. The summed E-state index contributed by atoms with van der Waals surface area (Å²) in [6.45, 7) is 0. The summed E-state index contributed by atoms with van der Waals surface area (Å²) in [6, 6.07) is 19.3. The van der Waals surface area contributed by atoms with Gasteiger partial charge in [-0.2, -0.15) is 15.2 Å². The van der Waals surface area contributed by atoms with Gasteiger partial charge in [0, 0.05) is 42.2 Å². The van der Waals surface area contributed by atoms with E-state index in [1.807, 2.05) is 60.9 Å². The van der Waals surface area contributed by atoms with Gasteiger partial charge in [-0.15, -0.1) is 0 Å². The van der Waals surface area contributed by atoms with E-state index in [4.69, 9.17) is 4.98 Å². The number of nitrogens with zero attached hydrogens (tertiary/aromatic N) is 5. The van der Waals surface area contributed by atoms with E-state index in [0.717, 1.165) is 16.7 Å². The zero-order valence-electron chi connectivity index (χ0n) is 16.8. The van der Waals surface area contributed by atoms with Gasteiger partial charge in [0.25, 0.3) is 0 Å². The van der Waals surface area contributed by atoms with Gasteiger partial charge in [0.2, 0.25) is 0 Å². The standard InChI is InChI=1S/C24H19N5OS/c1-31(30)23-28-12-9-22(29-23)24(20-7-3-10-26-16-20,21-8-4-11-27-17-21)14-18-5-2-6-19(13-18)15-25/h2-13,16-17H,14H2,1H3. The summed E-state index contributed by atoms with van der Waals surface area (Å²) in [5.41, 5.74) is 3.30. The van der Waals surface area contributed by atoms with Crippen molar-refractivity contribution in [1.29, 1.82) is 5.26 Å². The molecule has 0 aliphatic heterocycles. The highest BCUT2D eigenvalue weighted by Gasteiger charge is 2.39. The lowest BCUT2D eigenvalue weighted by atomic mass is 9.69. The van der Waals surface area contributed by atoms with Crippen molar-refractivity contribution in [1.82, 2.24) is 19.9 Å². The maximum Gasteiger partial charge on any atom is 0.342 e. The largest absolute Gasteiger partial charge is 0.609 e. The highest BCUT2D eigenvalue weighted by Crippen LogP contribution is 2.41. The van der Waals surface area contributed by atoms with Crippen molar-refractivity contribution in [2.75, 3.05) is 6.26 Å². The Hall–Kier alpha value is -3.60. The van der Waals surface area contributed by atoms with Gasteiger partial charge in [-0.25, -0.2) is 0 Å². The summed E-state index contributed by atoms with van der Waals surface area (Å²) in [5.74, 6) is 0. The molecule has 3 aromatic heterocycles. The van der Waals surface area contributed by atoms with Crippen LogP contribution in [0.5, 0.6) is 0 Å². The lowest BCUT2D eigenvalue weighted by molar-refractivity contribution is 0.563. The molecule has 4 aromatic rings. The normalized spacial score (nSPS) is 12.2. The van der Waals surface area contributed by atoms with E-state index in [9.17, 15) is 9.81 Å². The van der Waals surface area contributed by atoms with Crippen LogP contribution in [0.25, 0.3) is 0 Å². The third-order valence-corrected chi connectivity index (χ3v) is 5.87. The fourth-order valence-electron chi connectivity index (χ4n) is 3.76. The molecular formula is C24H19N5OS. The number of pyridine rings is 2. The Balaban J connectivity index is 2.02. The molecule has 6 nitrogen and oxygen atoms in total. The van der Waals surface area contributed by atoms with Gasteiger partial charge in [0.05, 0.1) is 22.7 Å². The quantitative estimate of drug-likeness (QED) is 0.347. The molecule has 1 atom stereocenters. The molecule has 0 saturated carbocycles. The van der Waals surface area contributed by atoms with E-state index in [2.05, 4.69) is 21.0 Å². The predicted octanol–water partition coefficient (Wildman–Crippen LogP) is 3.45. The molecule has 0 spiro atoms. The SMILES string of the molecule is C[S+]([O-])c1nccc(C(Cc2cccc(C#N)c2)(c2cccnc2)c2cccnc2)n1. The number of hydrogen-bond acceptors (Lipinski definition) is 6. The minimum Gasteiger partial charge on any atom is -0.609 e. The smallest absolute Gasteiger partial charge is 0.342 e. The Labute approximate surface area is 183 Å². The Morgan fingerprint density at radius 2 is 1.68 bits per heavy atom. The fourth-order valence-corrected chi connectivity index (χ4v) is 4.20. The monoisotopic (exact) mass is 425 g/mol.